The number of benzene rings is 1. The fraction of sp³-hybridized carbons (Fsp3) is 0.217. The number of primary amides is 1. The molecule has 8 heteroatoms. The van der Waals surface area contributed by atoms with Crippen molar-refractivity contribution in [3.05, 3.63) is 77.7 Å². The summed E-state index contributed by atoms with van der Waals surface area (Å²) in [5.41, 5.74) is 8.44. The second-order valence-corrected chi connectivity index (χ2v) is 7.14. The summed E-state index contributed by atoms with van der Waals surface area (Å²) in [6, 6.07) is 15.0. The number of pyridine rings is 1. The maximum Gasteiger partial charge on any atom is 0.267 e. The van der Waals surface area contributed by atoms with Crippen LogP contribution in [0.1, 0.15) is 32.8 Å². The number of nitrogens with two attached hydrogens (primary N) is 1. The maximum absolute atomic E-state index is 12.6. The maximum atomic E-state index is 12.6. The van der Waals surface area contributed by atoms with E-state index in [0.29, 0.717) is 47.9 Å². The zero-order chi connectivity index (χ0) is 22.2. The Morgan fingerprint density at radius 2 is 1.87 bits per heavy atom. The van der Waals surface area contributed by atoms with Gasteiger partial charge in [0.05, 0.1) is 17.1 Å². The molecule has 3 aromatic rings. The number of carbonyl (C=O) groups is 2. The van der Waals surface area contributed by atoms with E-state index < -0.39 is 5.91 Å². The van der Waals surface area contributed by atoms with Gasteiger partial charge >= 0.3 is 0 Å². The van der Waals surface area contributed by atoms with Crippen molar-refractivity contribution in [1.29, 1.82) is 5.41 Å². The summed E-state index contributed by atoms with van der Waals surface area (Å²) in [5.74, 6) is -0.456. The Labute approximate surface area is 181 Å². The number of nitrogens with zero attached hydrogens (tertiary/aromatic N) is 2. The number of hydrogen-bond donors (Lipinski definition) is 4. The summed E-state index contributed by atoms with van der Waals surface area (Å²) < 4.78 is 1.67. The lowest BCUT2D eigenvalue weighted by Gasteiger charge is -2.09. The van der Waals surface area contributed by atoms with E-state index in [1.807, 2.05) is 18.2 Å². The van der Waals surface area contributed by atoms with Gasteiger partial charge in [-0.1, -0.05) is 30.3 Å². The van der Waals surface area contributed by atoms with Gasteiger partial charge in [-0.3, -0.25) is 20.0 Å². The lowest BCUT2D eigenvalue weighted by molar-refractivity contribution is 0.0945. The third kappa shape index (κ3) is 5.79. The van der Waals surface area contributed by atoms with Crippen molar-refractivity contribution in [3.63, 3.8) is 0 Å². The quantitative estimate of drug-likeness (QED) is 0.314. The predicted molar refractivity (Wildman–Crippen MR) is 120 cm³/mol. The first-order valence-corrected chi connectivity index (χ1v) is 10.0. The van der Waals surface area contributed by atoms with Crippen LogP contribution in [-0.2, 0) is 13.5 Å². The molecular weight excluding hydrogens is 392 g/mol. The Morgan fingerprint density at radius 1 is 1.10 bits per heavy atom. The molecule has 5 N–H and O–H groups in total. The Balaban J connectivity index is 1.51. The summed E-state index contributed by atoms with van der Waals surface area (Å²) in [5, 5.41) is 13.9. The van der Waals surface area contributed by atoms with Crippen LogP contribution < -0.4 is 16.4 Å². The summed E-state index contributed by atoms with van der Waals surface area (Å²) >= 11 is 0. The molecule has 0 atom stereocenters. The number of aromatic nitrogens is 2. The van der Waals surface area contributed by atoms with Gasteiger partial charge in [0.1, 0.15) is 5.69 Å². The number of hydrogen-bond acceptors (Lipinski definition) is 4. The zero-order valence-electron chi connectivity index (χ0n) is 17.4. The molecule has 1 aromatic carbocycles. The van der Waals surface area contributed by atoms with Crippen LogP contribution in [0.4, 0.5) is 0 Å². The molecule has 0 fully saturated rings. The molecule has 160 valence electrons. The fourth-order valence-corrected chi connectivity index (χ4v) is 3.24. The monoisotopic (exact) mass is 418 g/mol. The molecule has 0 spiro atoms. The van der Waals surface area contributed by atoms with Crippen LogP contribution in [0.25, 0.3) is 11.3 Å². The van der Waals surface area contributed by atoms with E-state index in [9.17, 15) is 9.59 Å². The van der Waals surface area contributed by atoms with Gasteiger partial charge in [-0.25, -0.2) is 0 Å². The van der Waals surface area contributed by atoms with Crippen molar-refractivity contribution in [2.45, 2.75) is 12.8 Å². The minimum Gasteiger partial charge on any atom is -0.374 e. The van der Waals surface area contributed by atoms with Crippen molar-refractivity contribution < 1.29 is 9.59 Å². The predicted octanol–water partition coefficient (Wildman–Crippen LogP) is 2.12. The molecule has 3 rings (SSSR count). The summed E-state index contributed by atoms with van der Waals surface area (Å²) in [6.07, 6.45) is 4.55. The van der Waals surface area contributed by atoms with Crippen molar-refractivity contribution in [3.8, 4) is 11.3 Å². The third-order valence-electron chi connectivity index (χ3n) is 4.84. The van der Waals surface area contributed by atoms with E-state index in [2.05, 4.69) is 27.8 Å². The number of aryl methyl sites for hydroxylation is 1. The van der Waals surface area contributed by atoms with Gasteiger partial charge in [-0.15, -0.1) is 0 Å². The number of rotatable bonds is 9. The molecule has 2 heterocycles. The second-order valence-electron chi connectivity index (χ2n) is 7.14. The molecular formula is C23H26N6O2. The molecule has 0 saturated heterocycles. The van der Waals surface area contributed by atoms with Crippen LogP contribution >= 0.6 is 0 Å². The van der Waals surface area contributed by atoms with Crippen molar-refractivity contribution in [2.75, 3.05) is 13.1 Å². The van der Waals surface area contributed by atoms with Crippen LogP contribution in [0.15, 0.2) is 60.9 Å². The van der Waals surface area contributed by atoms with Crippen molar-refractivity contribution >= 4 is 17.6 Å². The number of carbonyl (C=O) groups excluding carboxylic acids is 2. The van der Waals surface area contributed by atoms with Gasteiger partial charge in [-0.2, -0.15) is 0 Å². The normalized spacial score (nSPS) is 10.5. The van der Waals surface area contributed by atoms with Gasteiger partial charge in [0.15, 0.2) is 0 Å². The number of nitrogens with one attached hydrogen (secondary N) is 3. The molecule has 0 bridgehead atoms. The fourth-order valence-electron chi connectivity index (χ4n) is 3.24. The molecule has 0 radical (unpaired) electrons. The molecule has 0 aliphatic heterocycles. The topological polar surface area (TPSA) is 126 Å². The van der Waals surface area contributed by atoms with E-state index >= 15 is 0 Å². The largest absolute Gasteiger partial charge is 0.374 e. The Hall–Kier alpha value is -3.94. The van der Waals surface area contributed by atoms with Crippen LogP contribution in [0.5, 0.6) is 0 Å². The summed E-state index contributed by atoms with van der Waals surface area (Å²) in [4.78, 5) is 28.5. The molecule has 31 heavy (non-hydrogen) atoms. The highest BCUT2D eigenvalue weighted by atomic mass is 16.2. The van der Waals surface area contributed by atoms with E-state index in [1.165, 1.54) is 5.56 Å². The Kier molecular flexibility index (Phi) is 7.16. The van der Waals surface area contributed by atoms with Gasteiger partial charge in [0.25, 0.3) is 11.8 Å². The molecule has 2 amide bonds. The van der Waals surface area contributed by atoms with Crippen LogP contribution in [0.3, 0.4) is 0 Å². The summed E-state index contributed by atoms with van der Waals surface area (Å²) in [7, 11) is 1.75. The van der Waals surface area contributed by atoms with Crippen molar-refractivity contribution in [1.82, 2.24) is 20.2 Å². The number of amidine groups is 1. The first-order valence-electron chi connectivity index (χ1n) is 10.0. The summed E-state index contributed by atoms with van der Waals surface area (Å²) in [6.45, 7) is 1.01. The average Bonchev–Trinajstić information content (AvgIpc) is 3.16. The minimum absolute atomic E-state index is 0.262. The minimum atomic E-state index is -0.573. The van der Waals surface area contributed by atoms with Gasteiger partial charge in [-0.05, 0) is 30.2 Å². The van der Waals surface area contributed by atoms with E-state index in [1.54, 1.807) is 42.2 Å². The lowest BCUT2D eigenvalue weighted by Crippen LogP contribution is -2.32. The zero-order valence-corrected chi connectivity index (χ0v) is 17.4. The Morgan fingerprint density at radius 3 is 2.61 bits per heavy atom. The molecule has 0 aliphatic carbocycles. The first kappa shape index (κ1) is 21.8. The highest BCUT2D eigenvalue weighted by Gasteiger charge is 2.17. The van der Waals surface area contributed by atoms with Gasteiger partial charge in [0.2, 0.25) is 0 Å². The smallest absolute Gasteiger partial charge is 0.267 e. The van der Waals surface area contributed by atoms with Crippen LogP contribution in [-0.4, -0.2) is 40.3 Å². The standard InChI is InChI=1S/C23H26N6O2/c1-29-15-17(21-18(22(25)30)8-5-11-27-21)14-19(29)23(31)28-13-10-20(24)26-12-9-16-6-3-2-4-7-16/h2-8,11,14-15H,9-10,12-13H2,1H3,(H2,24,26)(H2,25,30)(H,28,31). The first-order chi connectivity index (χ1) is 15.0. The molecule has 2 aromatic heterocycles. The van der Waals surface area contributed by atoms with E-state index in [0.717, 1.165) is 6.42 Å². The highest BCUT2D eigenvalue weighted by Crippen LogP contribution is 2.23. The second kappa shape index (κ2) is 10.2. The lowest BCUT2D eigenvalue weighted by atomic mass is 10.1. The van der Waals surface area contributed by atoms with Gasteiger partial charge in [0, 0.05) is 44.5 Å². The molecule has 0 aliphatic rings. The number of amides is 2. The molecule has 8 nitrogen and oxygen atoms in total. The average molecular weight is 419 g/mol. The van der Waals surface area contributed by atoms with Crippen LogP contribution in [0.2, 0.25) is 0 Å². The van der Waals surface area contributed by atoms with E-state index in [-0.39, 0.29) is 5.91 Å². The third-order valence-corrected chi connectivity index (χ3v) is 4.84. The van der Waals surface area contributed by atoms with Crippen LogP contribution in [0, 0.1) is 5.41 Å². The Bertz CT molecular complexity index is 1070. The molecule has 0 unspecified atom stereocenters. The SMILES string of the molecule is Cn1cc(-c2ncccc2C(N)=O)cc1C(=O)NCCC(=N)NCCc1ccccc1. The van der Waals surface area contributed by atoms with Crippen molar-refractivity contribution in [2.24, 2.45) is 12.8 Å². The van der Waals surface area contributed by atoms with Gasteiger partial charge < -0.3 is 20.9 Å². The van der Waals surface area contributed by atoms with E-state index in [4.69, 9.17) is 11.1 Å². The highest BCUT2D eigenvalue weighted by molar-refractivity contribution is 6.00. The molecule has 0 saturated carbocycles.